The van der Waals surface area contributed by atoms with Gasteiger partial charge in [-0.05, 0) is 30.7 Å². The number of carbonyl (C=O) groups is 1. The van der Waals surface area contributed by atoms with Gasteiger partial charge < -0.3 is 10.4 Å². The molecule has 0 bridgehead atoms. The van der Waals surface area contributed by atoms with Crippen LogP contribution < -0.4 is 5.32 Å². The molecule has 2 N–H and O–H groups in total. The van der Waals surface area contributed by atoms with E-state index < -0.39 is 17.6 Å². The first kappa shape index (κ1) is 14.5. The zero-order chi connectivity index (χ0) is 14.7. The maximum Gasteiger partial charge on any atom is 0.308 e. The number of nitrogens with one attached hydrogen (secondary N) is 1. The van der Waals surface area contributed by atoms with Gasteiger partial charge in [0.25, 0.3) is 0 Å². The van der Waals surface area contributed by atoms with Crippen molar-refractivity contribution < 1.29 is 18.7 Å². The Morgan fingerprint density at radius 3 is 2.65 bits per heavy atom. The third-order valence-corrected chi connectivity index (χ3v) is 3.85. The van der Waals surface area contributed by atoms with Crippen molar-refractivity contribution in [1.82, 2.24) is 0 Å². The second-order valence-electron chi connectivity index (χ2n) is 4.35. The number of hydrogen-bond acceptors (Lipinski definition) is 3. The Bertz CT molecular complexity index is 640. The Kier molecular flexibility index (Phi) is 4.34. The lowest BCUT2D eigenvalue weighted by atomic mass is 10.2. The number of aliphatic carboxylic acids is 1. The summed E-state index contributed by atoms with van der Waals surface area (Å²) in [6.45, 7) is 1.82. The molecular formula is C14H13F2NO2S. The molecule has 0 spiro atoms. The number of thiophene rings is 1. The highest BCUT2D eigenvalue weighted by Gasteiger charge is 2.11. The summed E-state index contributed by atoms with van der Waals surface area (Å²) in [6, 6.07) is 6.05. The number of aryl methyl sites for hydroxylation is 1. The molecule has 6 heteroatoms. The van der Waals surface area contributed by atoms with Gasteiger partial charge in [0, 0.05) is 16.3 Å². The molecule has 3 nitrogen and oxygen atoms in total. The average molecular weight is 297 g/mol. The topological polar surface area (TPSA) is 49.3 Å². The smallest absolute Gasteiger partial charge is 0.308 e. The Balaban J connectivity index is 2.07. The number of rotatable bonds is 5. The van der Waals surface area contributed by atoms with Crippen molar-refractivity contribution in [2.24, 2.45) is 0 Å². The molecule has 106 valence electrons. The molecule has 20 heavy (non-hydrogen) atoms. The van der Waals surface area contributed by atoms with E-state index in [0.29, 0.717) is 10.4 Å². The number of carboxylic acids is 1. The van der Waals surface area contributed by atoms with E-state index in [0.717, 1.165) is 4.88 Å². The summed E-state index contributed by atoms with van der Waals surface area (Å²) >= 11 is 1.31. The zero-order valence-corrected chi connectivity index (χ0v) is 11.6. The fourth-order valence-electron chi connectivity index (χ4n) is 1.76. The lowest BCUT2D eigenvalue weighted by Crippen LogP contribution is -2.03. The van der Waals surface area contributed by atoms with E-state index in [4.69, 9.17) is 5.11 Å². The first-order valence-electron chi connectivity index (χ1n) is 5.95. The standard InChI is InChI=1S/C14H13F2NO2S/c1-8-2-5-11(15)14(13(8)16)17-7-10-4-3-9(20-10)6-12(18)19/h2-5,17H,6-7H2,1H3,(H,18,19). The van der Waals surface area contributed by atoms with Crippen molar-refractivity contribution in [3.63, 3.8) is 0 Å². The molecular weight excluding hydrogens is 284 g/mol. The van der Waals surface area contributed by atoms with E-state index in [1.165, 1.54) is 23.5 Å². The van der Waals surface area contributed by atoms with Crippen molar-refractivity contribution in [1.29, 1.82) is 0 Å². The highest BCUT2D eigenvalue weighted by molar-refractivity contribution is 7.12. The third kappa shape index (κ3) is 3.33. The summed E-state index contributed by atoms with van der Waals surface area (Å²) in [6.07, 6.45) is -0.0438. The van der Waals surface area contributed by atoms with Gasteiger partial charge in [-0.2, -0.15) is 0 Å². The molecule has 0 radical (unpaired) electrons. The Morgan fingerprint density at radius 1 is 1.25 bits per heavy atom. The molecule has 1 heterocycles. The lowest BCUT2D eigenvalue weighted by molar-refractivity contribution is -0.136. The highest BCUT2D eigenvalue weighted by atomic mass is 32.1. The van der Waals surface area contributed by atoms with Crippen LogP contribution in [0.15, 0.2) is 24.3 Å². The van der Waals surface area contributed by atoms with Gasteiger partial charge in [0.05, 0.1) is 6.42 Å². The van der Waals surface area contributed by atoms with Crippen molar-refractivity contribution >= 4 is 23.0 Å². The second kappa shape index (κ2) is 6.00. The Hall–Kier alpha value is -1.95. The van der Waals surface area contributed by atoms with Gasteiger partial charge in [0.2, 0.25) is 0 Å². The van der Waals surface area contributed by atoms with Crippen molar-refractivity contribution in [3.05, 3.63) is 51.2 Å². The van der Waals surface area contributed by atoms with Gasteiger partial charge in [-0.3, -0.25) is 4.79 Å². The molecule has 0 unspecified atom stereocenters. The predicted octanol–water partition coefficient (Wildman–Crippen LogP) is 3.57. The zero-order valence-electron chi connectivity index (χ0n) is 10.7. The van der Waals surface area contributed by atoms with Gasteiger partial charge in [-0.15, -0.1) is 11.3 Å². The molecule has 1 aromatic carbocycles. The minimum Gasteiger partial charge on any atom is -0.481 e. The molecule has 0 amide bonds. The normalized spacial score (nSPS) is 10.6. The number of benzene rings is 1. The fraction of sp³-hybridized carbons (Fsp3) is 0.214. The van der Waals surface area contributed by atoms with Crippen molar-refractivity contribution in [3.8, 4) is 0 Å². The molecule has 0 aliphatic rings. The van der Waals surface area contributed by atoms with E-state index in [-0.39, 0.29) is 18.7 Å². The average Bonchev–Trinajstić information content (AvgIpc) is 2.81. The number of anilines is 1. The third-order valence-electron chi connectivity index (χ3n) is 2.77. The molecule has 0 saturated carbocycles. The molecule has 0 aliphatic heterocycles. The van der Waals surface area contributed by atoms with Crippen molar-refractivity contribution in [2.75, 3.05) is 5.32 Å². The van der Waals surface area contributed by atoms with Crippen LogP contribution in [0.5, 0.6) is 0 Å². The van der Waals surface area contributed by atoms with Crippen LogP contribution in [0.4, 0.5) is 14.5 Å². The quantitative estimate of drug-likeness (QED) is 0.887. The van der Waals surface area contributed by atoms with Crippen LogP contribution in [0.1, 0.15) is 15.3 Å². The summed E-state index contributed by atoms with van der Waals surface area (Å²) in [5, 5.41) is 11.4. The number of carboxylic acid groups (broad SMARTS) is 1. The van der Waals surface area contributed by atoms with Gasteiger partial charge in [0.15, 0.2) is 5.82 Å². The SMILES string of the molecule is Cc1ccc(F)c(NCc2ccc(CC(=O)O)s2)c1F. The van der Waals surface area contributed by atoms with Gasteiger partial charge in [-0.25, -0.2) is 8.78 Å². The van der Waals surface area contributed by atoms with Crippen LogP contribution in [-0.2, 0) is 17.8 Å². The molecule has 0 saturated heterocycles. The first-order chi connectivity index (χ1) is 9.47. The Morgan fingerprint density at radius 2 is 1.95 bits per heavy atom. The van der Waals surface area contributed by atoms with Crippen molar-refractivity contribution in [2.45, 2.75) is 19.9 Å². The van der Waals surface area contributed by atoms with E-state index in [9.17, 15) is 13.6 Å². The molecule has 2 rings (SSSR count). The molecule has 0 atom stereocenters. The Labute approximate surface area is 118 Å². The minimum absolute atomic E-state index is 0.0438. The summed E-state index contributed by atoms with van der Waals surface area (Å²) in [4.78, 5) is 12.1. The molecule has 1 aromatic heterocycles. The summed E-state index contributed by atoms with van der Waals surface area (Å²) < 4.78 is 27.3. The molecule has 2 aromatic rings. The number of hydrogen-bond donors (Lipinski definition) is 2. The summed E-state index contributed by atoms with van der Waals surface area (Å²) in [5.74, 6) is -2.15. The summed E-state index contributed by atoms with van der Waals surface area (Å²) in [7, 11) is 0. The fourth-order valence-corrected chi connectivity index (χ4v) is 2.70. The van der Waals surface area contributed by atoms with E-state index in [1.54, 1.807) is 19.1 Å². The number of halogens is 2. The molecule has 0 fully saturated rings. The van der Waals surface area contributed by atoms with E-state index in [2.05, 4.69) is 5.32 Å². The van der Waals surface area contributed by atoms with Gasteiger partial charge >= 0.3 is 5.97 Å². The van der Waals surface area contributed by atoms with Crippen LogP contribution in [0.2, 0.25) is 0 Å². The van der Waals surface area contributed by atoms with Crippen LogP contribution >= 0.6 is 11.3 Å². The first-order valence-corrected chi connectivity index (χ1v) is 6.77. The van der Waals surface area contributed by atoms with Crippen LogP contribution in [0, 0.1) is 18.6 Å². The monoisotopic (exact) mass is 297 g/mol. The van der Waals surface area contributed by atoms with Gasteiger partial charge in [0.1, 0.15) is 11.5 Å². The molecule has 0 aliphatic carbocycles. The van der Waals surface area contributed by atoms with E-state index in [1.807, 2.05) is 0 Å². The minimum atomic E-state index is -0.901. The van der Waals surface area contributed by atoms with E-state index >= 15 is 0 Å². The maximum absolute atomic E-state index is 13.8. The highest BCUT2D eigenvalue weighted by Crippen LogP contribution is 2.24. The maximum atomic E-state index is 13.8. The second-order valence-corrected chi connectivity index (χ2v) is 5.60. The van der Waals surface area contributed by atoms with Crippen LogP contribution in [0.25, 0.3) is 0 Å². The largest absolute Gasteiger partial charge is 0.481 e. The van der Waals surface area contributed by atoms with Crippen LogP contribution in [0.3, 0.4) is 0 Å². The van der Waals surface area contributed by atoms with Crippen LogP contribution in [-0.4, -0.2) is 11.1 Å². The summed E-state index contributed by atoms with van der Waals surface area (Å²) in [5.41, 5.74) is 0.213. The predicted molar refractivity (Wildman–Crippen MR) is 74.1 cm³/mol. The lowest BCUT2D eigenvalue weighted by Gasteiger charge is -2.09. The van der Waals surface area contributed by atoms with Gasteiger partial charge in [-0.1, -0.05) is 6.07 Å².